The second-order valence-electron chi connectivity index (χ2n) is 6.99. The van der Waals surface area contributed by atoms with Gasteiger partial charge in [-0.15, -0.1) is 12.4 Å². The van der Waals surface area contributed by atoms with Gasteiger partial charge in [0.25, 0.3) is 0 Å². The van der Waals surface area contributed by atoms with Gasteiger partial charge in [-0.3, -0.25) is 4.79 Å². The summed E-state index contributed by atoms with van der Waals surface area (Å²) in [5.74, 6) is 1.72. The Morgan fingerprint density at radius 1 is 1.35 bits per heavy atom. The van der Waals surface area contributed by atoms with Crippen LogP contribution in [0.1, 0.15) is 58.8 Å². The molecule has 0 spiro atoms. The van der Waals surface area contributed by atoms with Gasteiger partial charge in [-0.05, 0) is 57.0 Å². The van der Waals surface area contributed by atoms with Crippen molar-refractivity contribution in [1.82, 2.24) is 10.6 Å². The smallest absolute Gasteiger partial charge is 0.226 e. The van der Waals surface area contributed by atoms with Gasteiger partial charge >= 0.3 is 0 Å². The summed E-state index contributed by atoms with van der Waals surface area (Å²) in [6, 6.07) is 0. The average Bonchev–Trinajstić information content (AvgIpc) is 3.00. The number of halogens is 1. The molecule has 1 amide bonds. The predicted molar refractivity (Wildman–Crippen MR) is 86.2 cm³/mol. The first-order valence-electron chi connectivity index (χ1n) is 8.11. The Morgan fingerprint density at radius 3 is 2.60 bits per heavy atom. The second-order valence-corrected chi connectivity index (χ2v) is 6.99. The zero-order valence-corrected chi connectivity index (χ0v) is 13.9. The van der Waals surface area contributed by atoms with E-state index in [4.69, 9.17) is 0 Å². The van der Waals surface area contributed by atoms with Crippen LogP contribution in [0.2, 0.25) is 0 Å². The molecule has 2 aliphatic rings. The van der Waals surface area contributed by atoms with Crippen molar-refractivity contribution in [2.75, 3.05) is 19.6 Å². The van der Waals surface area contributed by atoms with Crippen molar-refractivity contribution in [2.24, 2.45) is 17.3 Å². The quantitative estimate of drug-likeness (QED) is 0.791. The van der Waals surface area contributed by atoms with Crippen molar-refractivity contribution >= 4 is 18.3 Å². The fourth-order valence-corrected chi connectivity index (χ4v) is 3.90. The normalized spacial score (nSPS) is 24.6. The Morgan fingerprint density at radius 2 is 2.05 bits per heavy atom. The molecule has 1 aliphatic carbocycles. The van der Waals surface area contributed by atoms with Crippen LogP contribution in [-0.2, 0) is 4.79 Å². The maximum atomic E-state index is 12.5. The van der Waals surface area contributed by atoms with Crippen molar-refractivity contribution in [3.8, 4) is 0 Å². The number of rotatable bonds is 6. The van der Waals surface area contributed by atoms with Crippen molar-refractivity contribution in [2.45, 2.75) is 58.8 Å². The topological polar surface area (TPSA) is 41.1 Å². The van der Waals surface area contributed by atoms with Crippen molar-refractivity contribution in [1.29, 1.82) is 0 Å². The molecule has 0 radical (unpaired) electrons. The third-order valence-electron chi connectivity index (χ3n) is 4.84. The first-order chi connectivity index (χ1) is 9.12. The van der Waals surface area contributed by atoms with Crippen LogP contribution in [0, 0.1) is 17.3 Å². The van der Waals surface area contributed by atoms with Crippen LogP contribution in [-0.4, -0.2) is 25.5 Å². The molecule has 0 aromatic carbocycles. The van der Waals surface area contributed by atoms with Crippen molar-refractivity contribution in [3.05, 3.63) is 0 Å². The van der Waals surface area contributed by atoms with Gasteiger partial charge in [0.1, 0.15) is 0 Å². The zero-order chi connectivity index (χ0) is 13.7. The minimum Gasteiger partial charge on any atom is -0.356 e. The summed E-state index contributed by atoms with van der Waals surface area (Å²) in [4.78, 5) is 12.5. The van der Waals surface area contributed by atoms with Gasteiger partial charge in [-0.25, -0.2) is 0 Å². The van der Waals surface area contributed by atoms with Crippen molar-refractivity contribution < 1.29 is 4.79 Å². The lowest BCUT2D eigenvalue weighted by Crippen LogP contribution is -2.41. The molecule has 3 nitrogen and oxygen atoms in total. The maximum absolute atomic E-state index is 12.5. The lowest BCUT2D eigenvalue weighted by molar-refractivity contribution is -0.131. The zero-order valence-electron chi connectivity index (χ0n) is 13.0. The summed E-state index contributed by atoms with van der Waals surface area (Å²) in [6.07, 6.45) is 8.12. The molecule has 2 rings (SSSR count). The summed E-state index contributed by atoms with van der Waals surface area (Å²) in [5, 5.41) is 6.62. The number of amides is 1. The van der Waals surface area contributed by atoms with E-state index in [0.717, 1.165) is 51.2 Å². The van der Waals surface area contributed by atoms with E-state index in [1.807, 2.05) is 0 Å². The van der Waals surface area contributed by atoms with Gasteiger partial charge in [0, 0.05) is 12.0 Å². The maximum Gasteiger partial charge on any atom is 0.226 e. The Balaban J connectivity index is 0.00000200. The number of hydrogen-bond acceptors (Lipinski definition) is 2. The summed E-state index contributed by atoms with van der Waals surface area (Å²) in [7, 11) is 0. The summed E-state index contributed by atoms with van der Waals surface area (Å²) < 4.78 is 0. The Labute approximate surface area is 130 Å². The minimum absolute atomic E-state index is 0. The first kappa shape index (κ1) is 17.8. The largest absolute Gasteiger partial charge is 0.356 e. The molecule has 1 atom stereocenters. The van der Waals surface area contributed by atoms with E-state index < -0.39 is 0 Å². The standard InChI is InChI=1S/C16H30N2O.ClH/c1-13(2)11-16(7-3-4-8-16)15(19)18-10-6-14-5-9-17-12-14;/h13-14,17H,3-12H2,1-2H3,(H,18,19);1H. The van der Waals surface area contributed by atoms with Crippen LogP contribution in [0.4, 0.5) is 0 Å². The first-order valence-corrected chi connectivity index (χ1v) is 8.11. The van der Waals surface area contributed by atoms with E-state index in [2.05, 4.69) is 24.5 Å². The summed E-state index contributed by atoms with van der Waals surface area (Å²) in [5.41, 5.74) is -0.0396. The molecule has 1 heterocycles. The average molecular weight is 303 g/mol. The van der Waals surface area contributed by atoms with E-state index in [1.54, 1.807) is 0 Å². The van der Waals surface area contributed by atoms with Gasteiger partial charge in [0.05, 0.1) is 0 Å². The number of nitrogens with one attached hydrogen (secondary N) is 2. The lowest BCUT2D eigenvalue weighted by Gasteiger charge is -2.29. The number of carbonyl (C=O) groups excluding carboxylic acids is 1. The SMILES string of the molecule is CC(C)CC1(C(=O)NCCC2CCNC2)CCCC1.Cl. The molecule has 118 valence electrons. The molecule has 0 bridgehead atoms. The highest BCUT2D eigenvalue weighted by molar-refractivity contribution is 5.85. The molecular formula is C16H31ClN2O. The third-order valence-corrected chi connectivity index (χ3v) is 4.84. The van der Waals surface area contributed by atoms with Crippen LogP contribution in [0.25, 0.3) is 0 Å². The fraction of sp³-hybridized carbons (Fsp3) is 0.938. The minimum atomic E-state index is -0.0396. The van der Waals surface area contributed by atoms with Gasteiger partial charge < -0.3 is 10.6 Å². The number of hydrogen-bond donors (Lipinski definition) is 2. The molecule has 2 fully saturated rings. The highest BCUT2D eigenvalue weighted by Gasteiger charge is 2.41. The molecule has 20 heavy (non-hydrogen) atoms. The molecule has 1 saturated heterocycles. The van der Waals surface area contributed by atoms with Crippen LogP contribution >= 0.6 is 12.4 Å². The Hall–Kier alpha value is -0.280. The van der Waals surface area contributed by atoms with Crippen molar-refractivity contribution in [3.63, 3.8) is 0 Å². The third kappa shape index (κ3) is 4.63. The van der Waals surface area contributed by atoms with E-state index in [-0.39, 0.29) is 17.8 Å². The van der Waals surface area contributed by atoms with E-state index in [0.29, 0.717) is 11.8 Å². The molecular weight excluding hydrogens is 272 g/mol. The number of carbonyl (C=O) groups is 1. The van der Waals surface area contributed by atoms with Crippen LogP contribution in [0.15, 0.2) is 0 Å². The molecule has 0 aromatic heterocycles. The van der Waals surface area contributed by atoms with E-state index in [1.165, 1.54) is 19.3 Å². The second kappa shape index (κ2) is 8.23. The molecule has 1 saturated carbocycles. The highest BCUT2D eigenvalue weighted by atomic mass is 35.5. The van der Waals surface area contributed by atoms with Crippen LogP contribution in [0.3, 0.4) is 0 Å². The van der Waals surface area contributed by atoms with Gasteiger partial charge in [0.15, 0.2) is 0 Å². The van der Waals surface area contributed by atoms with Crippen LogP contribution in [0.5, 0.6) is 0 Å². The van der Waals surface area contributed by atoms with Crippen LogP contribution < -0.4 is 10.6 Å². The Bertz CT molecular complexity index is 295. The van der Waals surface area contributed by atoms with Gasteiger partial charge in [-0.2, -0.15) is 0 Å². The van der Waals surface area contributed by atoms with E-state index >= 15 is 0 Å². The monoisotopic (exact) mass is 302 g/mol. The molecule has 4 heteroatoms. The summed E-state index contributed by atoms with van der Waals surface area (Å²) >= 11 is 0. The van der Waals surface area contributed by atoms with Gasteiger partial charge in [0.2, 0.25) is 5.91 Å². The fourth-order valence-electron chi connectivity index (χ4n) is 3.90. The molecule has 1 aliphatic heterocycles. The van der Waals surface area contributed by atoms with Gasteiger partial charge in [-0.1, -0.05) is 26.7 Å². The predicted octanol–water partition coefficient (Wildman–Crippen LogP) is 3.13. The summed E-state index contributed by atoms with van der Waals surface area (Å²) in [6.45, 7) is 7.61. The van der Waals surface area contributed by atoms with E-state index in [9.17, 15) is 4.79 Å². The molecule has 1 unspecified atom stereocenters. The Kier molecular flexibility index (Phi) is 7.32. The molecule has 2 N–H and O–H groups in total. The lowest BCUT2D eigenvalue weighted by atomic mass is 9.77. The molecule has 0 aromatic rings. The highest BCUT2D eigenvalue weighted by Crippen LogP contribution is 2.43.